The second-order valence-electron chi connectivity index (χ2n) is 7.23. The lowest BCUT2D eigenvalue weighted by atomic mass is 10.2. The maximum Gasteiger partial charge on any atom is 0.261 e. The number of fused-ring (bicyclic) bond motifs is 1. The molecule has 0 bridgehead atoms. The molecule has 0 amide bonds. The standard InChI is InChI=1S/C19H24N6OS/c1-13(2)25-12-20-17-10-15(4-5-16(17)19(25)26)24-8-6-23(7-9-24)11-18-22-21-14(3)27-18/h4-5,10,12-13H,6-9,11H2,1-3H3. The van der Waals surface area contributed by atoms with Gasteiger partial charge in [-0.3, -0.25) is 14.3 Å². The Hall–Kier alpha value is -2.32. The van der Waals surface area contributed by atoms with Crippen LogP contribution in [0.15, 0.2) is 29.3 Å². The molecule has 27 heavy (non-hydrogen) atoms. The molecule has 1 aromatic carbocycles. The van der Waals surface area contributed by atoms with Crippen LogP contribution in [-0.2, 0) is 6.54 Å². The van der Waals surface area contributed by atoms with Gasteiger partial charge in [-0.05, 0) is 39.0 Å². The molecular formula is C19H24N6OS. The van der Waals surface area contributed by atoms with E-state index in [9.17, 15) is 4.79 Å². The predicted molar refractivity (Wildman–Crippen MR) is 109 cm³/mol. The minimum absolute atomic E-state index is 0.0266. The Morgan fingerprint density at radius 2 is 1.93 bits per heavy atom. The van der Waals surface area contributed by atoms with Gasteiger partial charge in [-0.25, -0.2) is 4.98 Å². The second kappa shape index (κ2) is 7.36. The van der Waals surface area contributed by atoms with Crippen molar-refractivity contribution < 1.29 is 0 Å². The molecule has 0 radical (unpaired) electrons. The van der Waals surface area contributed by atoms with E-state index in [-0.39, 0.29) is 11.6 Å². The summed E-state index contributed by atoms with van der Waals surface area (Å²) in [6.45, 7) is 10.7. The van der Waals surface area contributed by atoms with Crippen LogP contribution in [-0.4, -0.2) is 50.8 Å². The van der Waals surface area contributed by atoms with Gasteiger partial charge in [0.25, 0.3) is 5.56 Å². The third-order valence-electron chi connectivity index (χ3n) is 4.99. The van der Waals surface area contributed by atoms with Crippen molar-refractivity contribution in [2.24, 2.45) is 0 Å². The van der Waals surface area contributed by atoms with Crippen molar-refractivity contribution in [1.82, 2.24) is 24.6 Å². The zero-order valence-electron chi connectivity index (χ0n) is 15.9. The van der Waals surface area contributed by atoms with Crippen LogP contribution in [0.4, 0.5) is 5.69 Å². The van der Waals surface area contributed by atoms with E-state index in [4.69, 9.17) is 0 Å². The lowest BCUT2D eigenvalue weighted by Gasteiger charge is -2.35. The third kappa shape index (κ3) is 3.72. The molecule has 3 heterocycles. The topological polar surface area (TPSA) is 67.2 Å². The predicted octanol–water partition coefficient (Wildman–Crippen LogP) is 2.46. The summed E-state index contributed by atoms with van der Waals surface area (Å²) >= 11 is 1.67. The van der Waals surface area contributed by atoms with E-state index < -0.39 is 0 Å². The van der Waals surface area contributed by atoms with Gasteiger partial charge in [-0.15, -0.1) is 21.5 Å². The van der Waals surface area contributed by atoms with E-state index in [1.54, 1.807) is 22.2 Å². The van der Waals surface area contributed by atoms with Crippen molar-refractivity contribution >= 4 is 27.9 Å². The Morgan fingerprint density at radius 1 is 1.15 bits per heavy atom. The minimum Gasteiger partial charge on any atom is -0.369 e. The van der Waals surface area contributed by atoms with E-state index in [1.165, 1.54) is 0 Å². The maximum atomic E-state index is 12.6. The van der Waals surface area contributed by atoms with Crippen molar-refractivity contribution in [3.63, 3.8) is 0 Å². The Morgan fingerprint density at radius 3 is 2.59 bits per heavy atom. The first-order chi connectivity index (χ1) is 13.0. The molecule has 0 N–H and O–H groups in total. The van der Waals surface area contributed by atoms with Crippen molar-refractivity contribution in [2.75, 3.05) is 31.1 Å². The van der Waals surface area contributed by atoms with Crippen molar-refractivity contribution in [3.05, 3.63) is 44.9 Å². The summed E-state index contributed by atoms with van der Waals surface area (Å²) in [5.41, 5.74) is 1.92. The van der Waals surface area contributed by atoms with Crippen molar-refractivity contribution in [3.8, 4) is 0 Å². The molecule has 4 rings (SSSR count). The summed E-state index contributed by atoms with van der Waals surface area (Å²) in [5.74, 6) is 0. The van der Waals surface area contributed by atoms with Crippen LogP contribution >= 0.6 is 11.3 Å². The van der Waals surface area contributed by atoms with Crippen LogP contribution in [0.5, 0.6) is 0 Å². The average Bonchev–Trinajstić information content (AvgIpc) is 3.07. The fraction of sp³-hybridized carbons (Fsp3) is 0.474. The van der Waals surface area contributed by atoms with Gasteiger partial charge in [0.05, 0.1) is 23.8 Å². The van der Waals surface area contributed by atoms with E-state index in [2.05, 4.69) is 25.0 Å². The number of benzene rings is 1. The van der Waals surface area contributed by atoms with Crippen LogP contribution < -0.4 is 10.5 Å². The summed E-state index contributed by atoms with van der Waals surface area (Å²) in [6, 6.07) is 6.10. The molecule has 2 aromatic heterocycles. The molecule has 1 aliphatic heterocycles. The number of aryl methyl sites for hydroxylation is 1. The fourth-order valence-corrected chi connectivity index (χ4v) is 4.20. The Labute approximate surface area is 162 Å². The molecule has 0 atom stereocenters. The highest BCUT2D eigenvalue weighted by molar-refractivity contribution is 7.11. The molecule has 3 aromatic rings. The highest BCUT2D eigenvalue weighted by atomic mass is 32.1. The number of aromatic nitrogens is 4. The number of piperazine rings is 1. The second-order valence-corrected chi connectivity index (χ2v) is 8.50. The van der Waals surface area contributed by atoms with Crippen LogP contribution in [0.25, 0.3) is 10.9 Å². The fourth-order valence-electron chi connectivity index (χ4n) is 3.45. The van der Waals surface area contributed by atoms with Gasteiger partial charge < -0.3 is 4.90 Å². The Bertz CT molecular complexity index is 1000. The summed E-state index contributed by atoms with van der Waals surface area (Å²) in [6.07, 6.45) is 1.65. The highest BCUT2D eigenvalue weighted by Gasteiger charge is 2.19. The number of hydrogen-bond donors (Lipinski definition) is 0. The summed E-state index contributed by atoms with van der Waals surface area (Å²) in [5, 5.41) is 11.1. The first-order valence-electron chi connectivity index (χ1n) is 9.28. The largest absolute Gasteiger partial charge is 0.369 e. The van der Waals surface area contributed by atoms with E-state index in [0.717, 1.165) is 53.9 Å². The molecule has 7 nitrogen and oxygen atoms in total. The van der Waals surface area contributed by atoms with E-state index >= 15 is 0 Å². The smallest absolute Gasteiger partial charge is 0.261 e. The van der Waals surface area contributed by atoms with Gasteiger partial charge in [0.1, 0.15) is 10.0 Å². The quantitative estimate of drug-likeness (QED) is 0.688. The molecular weight excluding hydrogens is 360 g/mol. The van der Waals surface area contributed by atoms with Crippen LogP contribution in [0.1, 0.15) is 29.9 Å². The molecule has 1 saturated heterocycles. The Balaban J connectivity index is 1.47. The first kappa shape index (κ1) is 18.1. The summed E-state index contributed by atoms with van der Waals surface area (Å²) in [7, 11) is 0. The zero-order chi connectivity index (χ0) is 19.0. The molecule has 1 fully saturated rings. The normalized spacial score (nSPS) is 15.8. The molecule has 1 aliphatic rings. The molecule has 0 aliphatic carbocycles. The number of anilines is 1. The minimum atomic E-state index is 0.0266. The van der Waals surface area contributed by atoms with Gasteiger partial charge in [-0.2, -0.15) is 0 Å². The van der Waals surface area contributed by atoms with Gasteiger partial charge in [0, 0.05) is 37.9 Å². The number of nitrogens with zero attached hydrogens (tertiary/aromatic N) is 6. The molecule has 0 unspecified atom stereocenters. The average molecular weight is 385 g/mol. The molecule has 8 heteroatoms. The third-order valence-corrected chi connectivity index (χ3v) is 5.81. The summed E-state index contributed by atoms with van der Waals surface area (Å²) in [4.78, 5) is 21.8. The number of rotatable bonds is 4. The maximum absolute atomic E-state index is 12.6. The monoisotopic (exact) mass is 384 g/mol. The van der Waals surface area contributed by atoms with Gasteiger partial charge in [-0.1, -0.05) is 0 Å². The molecule has 0 spiro atoms. The molecule has 0 saturated carbocycles. The van der Waals surface area contributed by atoms with Gasteiger partial charge in [0.2, 0.25) is 0 Å². The van der Waals surface area contributed by atoms with Gasteiger partial charge >= 0.3 is 0 Å². The summed E-state index contributed by atoms with van der Waals surface area (Å²) < 4.78 is 1.68. The van der Waals surface area contributed by atoms with Crippen molar-refractivity contribution in [1.29, 1.82) is 0 Å². The van der Waals surface area contributed by atoms with Crippen LogP contribution in [0.3, 0.4) is 0 Å². The van der Waals surface area contributed by atoms with Gasteiger partial charge in [0.15, 0.2) is 0 Å². The SMILES string of the molecule is Cc1nnc(CN2CCN(c3ccc4c(=O)n(C(C)C)cnc4c3)CC2)s1. The van der Waals surface area contributed by atoms with E-state index in [1.807, 2.05) is 39.0 Å². The zero-order valence-corrected chi connectivity index (χ0v) is 16.7. The molecule has 142 valence electrons. The highest BCUT2D eigenvalue weighted by Crippen LogP contribution is 2.21. The van der Waals surface area contributed by atoms with Crippen LogP contribution in [0.2, 0.25) is 0 Å². The first-order valence-corrected chi connectivity index (χ1v) is 10.1. The number of hydrogen-bond acceptors (Lipinski definition) is 7. The Kier molecular flexibility index (Phi) is 4.92. The van der Waals surface area contributed by atoms with Crippen LogP contribution in [0, 0.1) is 6.92 Å². The lowest BCUT2D eigenvalue weighted by Crippen LogP contribution is -2.46. The van der Waals surface area contributed by atoms with E-state index in [0.29, 0.717) is 5.39 Å². The lowest BCUT2D eigenvalue weighted by molar-refractivity contribution is 0.249. The van der Waals surface area contributed by atoms with Crippen molar-refractivity contribution in [2.45, 2.75) is 33.4 Å².